The van der Waals surface area contributed by atoms with Gasteiger partial charge in [0.05, 0.1) is 18.5 Å². The third kappa shape index (κ3) is 3.10. The molecule has 1 unspecified atom stereocenters. The highest BCUT2D eigenvalue weighted by atomic mass is 16.3. The van der Waals surface area contributed by atoms with Crippen molar-refractivity contribution < 1.29 is 9.90 Å². The molecular formula is C13H21N3O2. The van der Waals surface area contributed by atoms with Crippen molar-refractivity contribution in [2.45, 2.75) is 50.6 Å². The molecule has 5 heteroatoms. The van der Waals surface area contributed by atoms with Gasteiger partial charge in [-0.1, -0.05) is 13.3 Å². The first-order valence-corrected chi connectivity index (χ1v) is 6.58. The molecule has 2 rings (SSSR count). The summed E-state index contributed by atoms with van der Waals surface area (Å²) >= 11 is 0. The molecule has 1 aliphatic carbocycles. The molecule has 0 bridgehead atoms. The standard InChI is InChI=1S/C13H21N3O2/c1-2-3-11(16-7-6-14-10-16)8-12(18)15-13(9-17)4-5-13/h6-7,10-11,17H,2-5,8-9H2,1H3,(H,15,18). The predicted molar refractivity (Wildman–Crippen MR) is 68.0 cm³/mol. The minimum Gasteiger partial charge on any atom is -0.394 e. The number of aromatic nitrogens is 2. The Hall–Kier alpha value is -1.36. The van der Waals surface area contributed by atoms with Crippen LogP contribution in [0.3, 0.4) is 0 Å². The number of hydrogen-bond acceptors (Lipinski definition) is 3. The maximum absolute atomic E-state index is 12.0. The summed E-state index contributed by atoms with van der Waals surface area (Å²) in [6, 6.07) is 0.159. The fraction of sp³-hybridized carbons (Fsp3) is 0.692. The van der Waals surface area contributed by atoms with Gasteiger partial charge in [-0.05, 0) is 19.3 Å². The van der Waals surface area contributed by atoms with Crippen LogP contribution in [-0.2, 0) is 4.79 Å². The molecule has 1 aromatic heterocycles. The molecule has 1 fully saturated rings. The van der Waals surface area contributed by atoms with Gasteiger partial charge in [0.2, 0.25) is 5.91 Å². The van der Waals surface area contributed by atoms with Gasteiger partial charge in [-0.2, -0.15) is 0 Å². The van der Waals surface area contributed by atoms with Crippen LogP contribution in [0.15, 0.2) is 18.7 Å². The molecule has 1 aromatic rings. The van der Waals surface area contributed by atoms with Crippen molar-refractivity contribution in [3.05, 3.63) is 18.7 Å². The first-order chi connectivity index (χ1) is 8.69. The summed E-state index contributed by atoms with van der Waals surface area (Å²) in [4.78, 5) is 16.0. The number of nitrogens with zero attached hydrogens (tertiary/aromatic N) is 2. The van der Waals surface area contributed by atoms with Gasteiger partial charge in [-0.25, -0.2) is 4.98 Å². The Bertz CT molecular complexity index is 385. The third-order valence-corrected chi connectivity index (χ3v) is 3.55. The van der Waals surface area contributed by atoms with E-state index in [4.69, 9.17) is 0 Å². The number of nitrogens with one attached hydrogen (secondary N) is 1. The van der Waals surface area contributed by atoms with Crippen LogP contribution in [0.5, 0.6) is 0 Å². The summed E-state index contributed by atoms with van der Waals surface area (Å²) < 4.78 is 1.99. The Kier molecular flexibility index (Phi) is 4.01. The topological polar surface area (TPSA) is 67.2 Å². The van der Waals surface area contributed by atoms with E-state index < -0.39 is 0 Å². The Balaban J connectivity index is 1.90. The number of carbonyl (C=O) groups excluding carboxylic acids is 1. The Labute approximate surface area is 107 Å². The van der Waals surface area contributed by atoms with E-state index in [1.807, 2.05) is 10.8 Å². The number of aliphatic hydroxyl groups excluding tert-OH is 1. The Morgan fingerprint density at radius 3 is 2.89 bits per heavy atom. The second kappa shape index (κ2) is 5.52. The summed E-state index contributed by atoms with van der Waals surface area (Å²) in [5.41, 5.74) is -0.317. The van der Waals surface area contributed by atoms with Crippen LogP contribution in [0.25, 0.3) is 0 Å². The molecule has 1 heterocycles. The van der Waals surface area contributed by atoms with Crippen LogP contribution in [-0.4, -0.2) is 32.7 Å². The minimum absolute atomic E-state index is 0.0219. The second-order valence-electron chi connectivity index (χ2n) is 5.14. The number of imidazole rings is 1. The molecule has 0 aromatic carbocycles. The van der Waals surface area contributed by atoms with Crippen LogP contribution in [0.2, 0.25) is 0 Å². The van der Waals surface area contributed by atoms with E-state index in [2.05, 4.69) is 17.2 Å². The normalized spacial score (nSPS) is 18.3. The van der Waals surface area contributed by atoms with E-state index in [1.165, 1.54) is 0 Å². The molecule has 5 nitrogen and oxygen atoms in total. The SMILES string of the molecule is CCCC(CC(=O)NC1(CO)CC1)n1ccnc1. The molecule has 100 valence electrons. The highest BCUT2D eigenvalue weighted by Gasteiger charge is 2.43. The smallest absolute Gasteiger partial charge is 0.222 e. The van der Waals surface area contributed by atoms with Crippen molar-refractivity contribution in [2.75, 3.05) is 6.61 Å². The molecule has 0 radical (unpaired) electrons. The summed E-state index contributed by atoms with van der Waals surface area (Å²) in [6.07, 6.45) is 9.59. The van der Waals surface area contributed by atoms with Gasteiger partial charge in [0.1, 0.15) is 0 Å². The quantitative estimate of drug-likeness (QED) is 0.766. The molecule has 0 aliphatic heterocycles. The van der Waals surface area contributed by atoms with Gasteiger partial charge in [0.15, 0.2) is 0 Å². The largest absolute Gasteiger partial charge is 0.394 e. The van der Waals surface area contributed by atoms with Gasteiger partial charge in [0, 0.05) is 24.9 Å². The summed E-state index contributed by atoms with van der Waals surface area (Å²) in [7, 11) is 0. The highest BCUT2D eigenvalue weighted by molar-refractivity contribution is 5.77. The third-order valence-electron chi connectivity index (χ3n) is 3.55. The second-order valence-corrected chi connectivity index (χ2v) is 5.14. The van der Waals surface area contributed by atoms with Crippen LogP contribution < -0.4 is 5.32 Å². The van der Waals surface area contributed by atoms with E-state index in [-0.39, 0.29) is 24.1 Å². The van der Waals surface area contributed by atoms with Crippen molar-refractivity contribution in [3.63, 3.8) is 0 Å². The van der Waals surface area contributed by atoms with Gasteiger partial charge in [0.25, 0.3) is 0 Å². The van der Waals surface area contributed by atoms with Gasteiger partial charge in [-0.15, -0.1) is 0 Å². The lowest BCUT2D eigenvalue weighted by molar-refractivity contribution is -0.123. The zero-order chi connectivity index (χ0) is 13.0. The number of amides is 1. The fourth-order valence-electron chi connectivity index (χ4n) is 2.21. The van der Waals surface area contributed by atoms with Crippen molar-refractivity contribution in [3.8, 4) is 0 Å². The maximum atomic E-state index is 12.0. The van der Waals surface area contributed by atoms with Crippen LogP contribution in [0.4, 0.5) is 0 Å². The number of hydrogen-bond donors (Lipinski definition) is 2. The van der Waals surface area contributed by atoms with Crippen LogP contribution in [0, 0.1) is 0 Å². The zero-order valence-electron chi connectivity index (χ0n) is 10.8. The average molecular weight is 251 g/mol. The summed E-state index contributed by atoms with van der Waals surface area (Å²) in [6.45, 7) is 2.15. The molecule has 0 saturated heterocycles. The van der Waals surface area contributed by atoms with E-state index in [0.717, 1.165) is 25.7 Å². The minimum atomic E-state index is -0.317. The molecule has 18 heavy (non-hydrogen) atoms. The molecule has 1 saturated carbocycles. The number of aliphatic hydroxyl groups is 1. The molecule has 0 spiro atoms. The molecule has 1 aliphatic rings. The van der Waals surface area contributed by atoms with Gasteiger partial charge >= 0.3 is 0 Å². The zero-order valence-corrected chi connectivity index (χ0v) is 10.8. The van der Waals surface area contributed by atoms with Gasteiger partial charge < -0.3 is 15.0 Å². The van der Waals surface area contributed by atoms with Crippen molar-refractivity contribution >= 4 is 5.91 Å². The number of carbonyl (C=O) groups is 1. The molecule has 1 amide bonds. The first-order valence-electron chi connectivity index (χ1n) is 6.58. The molecular weight excluding hydrogens is 230 g/mol. The monoisotopic (exact) mass is 251 g/mol. The lowest BCUT2D eigenvalue weighted by Gasteiger charge is -2.20. The van der Waals surface area contributed by atoms with Crippen molar-refractivity contribution in [2.24, 2.45) is 0 Å². The number of rotatable bonds is 7. The molecule has 1 atom stereocenters. The van der Waals surface area contributed by atoms with Crippen molar-refractivity contribution in [1.29, 1.82) is 0 Å². The first kappa shape index (κ1) is 13.1. The highest BCUT2D eigenvalue weighted by Crippen LogP contribution is 2.34. The van der Waals surface area contributed by atoms with Crippen LogP contribution in [0.1, 0.15) is 45.1 Å². The lowest BCUT2D eigenvalue weighted by Crippen LogP contribution is -2.40. The summed E-state index contributed by atoms with van der Waals surface area (Å²) in [5.74, 6) is 0.0219. The fourth-order valence-corrected chi connectivity index (χ4v) is 2.21. The van der Waals surface area contributed by atoms with Crippen LogP contribution >= 0.6 is 0 Å². The van der Waals surface area contributed by atoms with E-state index in [0.29, 0.717) is 6.42 Å². The summed E-state index contributed by atoms with van der Waals surface area (Å²) in [5, 5.41) is 12.1. The van der Waals surface area contributed by atoms with E-state index in [1.54, 1.807) is 12.5 Å². The average Bonchev–Trinajstić information content (AvgIpc) is 2.92. The maximum Gasteiger partial charge on any atom is 0.222 e. The predicted octanol–water partition coefficient (Wildman–Crippen LogP) is 1.26. The van der Waals surface area contributed by atoms with Crippen molar-refractivity contribution in [1.82, 2.24) is 14.9 Å². The molecule has 2 N–H and O–H groups in total. The van der Waals surface area contributed by atoms with E-state index in [9.17, 15) is 9.90 Å². The van der Waals surface area contributed by atoms with Gasteiger partial charge in [-0.3, -0.25) is 4.79 Å². The van der Waals surface area contributed by atoms with E-state index >= 15 is 0 Å². The Morgan fingerprint density at radius 2 is 2.39 bits per heavy atom. The lowest BCUT2D eigenvalue weighted by atomic mass is 10.1. The Morgan fingerprint density at radius 1 is 1.61 bits per heavy atom.